The molecule has 17 heteroatoms. The van der Waals surface area contributed by atoms with Crippen molar-refractivity contribution in [1.82, 2.24) is 0 Å². The van der Waals surface area contributed by atoms with Crippen LogP contribution >= 0.6 is 31.3 Å². The van der Waals surface area contributed by atoms with Gasteiger partial charge in [-0.2, -0.15) is 12.9 Å². The minimum absolute atomic E-state index is 0.568. The summed E-state index contributed by atoms with van der Waals surface area (Å²) in [6.07, 6.45) is 4.53. The molecule has 0 bridgehead atoms. The smallest absolute Gasteiger partial charge is 0.302 e. The third kappa shape index (κ3) is 15.6. The van der Waals surface area contributed by atoms with E-state index in [1.807, 2.05) is 19.9 Å². The lowest BCUT2D eigenvalue weighted by atomic mass is 10.1. The molecule has 0 aliphatic heterocycles. The first-order valence-corrected chi connectivity index (χ1v) is 13.1. The van der Waals surface area contributed by atoms with Gasteiger partial charge in [-0.25, -0.2) is 18.3 Å². The lowest BCUT2D eigenvalue weighted by molar-refractivity contribution is 0.171. The van der Waals surface area contributed by atoms with Gasteiger partial charge in [0, 0.05) is 0 Å². The summed E-state index contributed by atoms with van der Waals surface area (Å²) < 4.78 is 60.6. The first-order chi connectivity index (χ1) is 11.9. The molecule has 27 heavy (non-hydrogen) atoms. The molecular formula is C10H22O13P4. The number of phosphoric acid groups is 4. The minimum atomic E-state index is -5.76. The maximum absolute atomic E-state index is 12.2. The molecule has 0 aromatic carbocycles. The molecular weight excluding hydrogens is 452 g/mol. The Morgan fingerprint density at radius 3 is 1.78 bits per heavy atom. The lowest BCUT2D eigenvalue weighted by Crippen LogP contribution is -2.00. The molecule has 0 radical (unpaired) electrons. The van der Waals surface area contributed by atoms with Crippen LogP contribution in [0.15, 0.2) is 23.3 Å². The number of allylic oxidation sites excluding steroid dienone is 3. The molecule has 2 atom stereocenters. The molecule has 5 N–H and O–H groups in total. The van der Waals surface area contributed by atoms with Crippen molar-refractivity contribution >= 4 is 31.3 Å². The van der Waals surface area contributed by atoms with E-state index in [2.05, 4.69) is 17.5 Å². The van der Waals surface area contributed by atoms with Gasteiger partial charge in [0.1, 0.15) is 0 Å². The Morgan fingerprint density at radius 2 is 1.33 bits per heavy atom. The Hall–Kier alpha value is 0.0400. The number of hydrogen-bond donors (Lipinski definition) is 5. The van der Waals surface area contributed by atoms with Crippen LogP contribution in [-0.2, 0) is 35.7 Å². The third-order valence-corrected chi connectivity index (χ3v) is 7.79. The van der Waals surface area contributed by atoms with Gasteiger partial charge in [-0.3, -0.25) is 4.52 Å². The van der Waals surface area contributed by atoms with Gasteiger partial charge in [0.05, 0.1) is 6.61 Å². The molecule has 0 rings (SSSR count). The Bertz CT molecular complexity index is 740. The van der Waals surface area contributed by atoms with Crippen LogP contribution in [0.25, 0.3) is 0 Å². The molecule has 0 heterocycles. The molecule has 0 fully saturated rings. The highest BCUT2D eigenvalue weighted by Gasteiger charge is 2.46. The predicted molar refractivity (Wildman–Crippen MR) is 93.1 cm³/mol. The van der Waals surface area contributed by atoms with Crippen molar-refractivity contribution in [3.8, 4) is 0 Å². The van der Waals surface area contributed by atoms with E-state index in [1.165, 1.54) is 6.08 Å². The first-order valence-electron chi connectivity index (χ1n) is 7.04. The van der Waals surface area contributed by atoms with Crippen LogP contribution in [0.1, 0.15) is 33.6 Å². The first kappa shape index (κ1) is 27.0. The van der Waals surface area contributed by atoms with E-state index in [0.717, 1.165) is 5.57 Å². The summed E-state index contributed by atoms with van der Waals surface area (Å²) in [5.74, 6) is 0. The highest BCUT2D eigenvalue weighted by molar-refractivity contribution is 7.69. The predicted octanol–water partition coefficient (Wildman–Crippen LogP) is 3.14. The van der Waals surface area contributed by atoms with Crippen LogP contribution in [0.2, 0.25) is 0 Å². The van der Waals surface area contributed by atoms with Crippen LogP contribution in [-0.4, -0.2) is 31.1 Å². The molecule has 2 unspecified atom stereocenters. The molecule has 0 aliphatic rings. The molecule has 13 nitrogen and oxygen atoms in total. The maximum atomic E-state index is 12.2. The summed E-state index contributed by atoms with van der Waals surface area (Å²) in [6, 6.07) is 0. The maximum Gasteiger partial charge on any atom is 0.492 e. The van der Waals surface area contributed by atoms with Crippen molar-refractivity contribution in [3.05, 3.63) is 23.3 Å². The highest BCUT2D eigenvalue weighted by Crippen LogP contribution is 2.71. The third-order valence-electron chi connectivity index (χ3n) is 2.37. The van der Waals surface area contributed by atoms with Gasteiger partial charge in [-0.1, -0.05) is 23.3 Å². The van der Waals surface area contributed by atoms with Crippen LogP contribution in [0, 0.1) is 0 Å². The van der Waals surface area contributed by atoms with Crippen molar-refractivity contribution < 1.29 is 60.2 Å². The molecule has 0 aromatic heterocycles. The van der Waals surface area contributed by atoms with Gasteiger partial charge < -0.3 is 24.5 Å². The standard InChI is InChI=1S/C10H22O13P4/c1-9(2)5-4-6-10(3)7-8-20-27(19,22-25(14,15)16)23-26(17,18)21-24(11,12)13/h5,7H,4,6,8H2,1-3H3,(H,17,18)(H2,11,12,13)(H2,14,15,16)/b10-7+. The second kappa shape index (κ2) is 10.7. The fourth-order valence-electron chi connectivity index (χ4n) is 1.43. The van der Waals surface area contributed by atoms with Crippen molar-refractivity contribution in [1.29, 1.82) is 0 Å². The fraction of sp³-hybridized carbons (Fsp3) is 0.600. The van der Waals surface area contributed by atoms with Gasteiger partial charge in [0.2, 0.25) is 0 Å². The van der Waals surface area contributed by atoms with Gasteiger partial charge in [-0.15, -0.1) is 0 Å². The molecule has 0 spiro atoms. The summed E-state index contributed by atoms with van der Waals surface area (Å²) in [6.45, 7) is 4.86. The quantitative estimate of drug-likeness (QED) is 0.204. The molecule has 0 aliphatic carbocycles. The zero-order chi connectivity index (χ0) is 21.5. The van der Waals surface area contributed by atoms with E-state index in [0.29, 0.717) is 18.4 Å². The van der Waals surface area contributed by atoms with Crippen LogP contribution < -0.4 is 0 Å². The second-order valence-electron chi connectivity index (χ2n) is 5.31. The molecule has 0 saturated carbocycles. The molecule has 0 aromatic rings. The van der Waals surface area contributed by atoms with Crippen LogP contribution in [0.3, 0.4) is 0 Å². The fourth-order valence-corrected chi connectivity index (χ4v) is 5.97. The molecule has 0 amide bonds. The van der Waals surface area contributed by atoms with Crippen LogP contribution in [0.4, 0.5) is 0 Å². The number of hydrogen-bond acceptors (Lipinski definition) is 8. The van der Waals surface area contributed by atoms with Gasteiger partial charge >= 0.3 is 31.3 Å². The van der Waals surface area contributed by atoms with E-state index >= 15 is 0 Å². The lowest BCUT2D eigenvalue weighted by Gasteiger charge is -2.19. The monoisotopic (exact) mass is 474 g/mol. The molecule has 160 valence electrons. The van der Waals surface area contributed by atoms with E-state index in [-0.39, 0.29) is 0 Å². The largest absolute Gasteiger partial charge is 0.492 e. The van der Waals surface area contributed by atoms with Gasteiger partial charge in [0.25, 0.3) is 0 Å². The minimum Gasteiger partial charge on any atom is -0.302 e. The summed E-state index contributed by atoms with van der Waals surface area (Å²) in [5.41, 5.74) is 1.81. The molecule has 0 saturated heterocycles. The SMILES string of the molecule is CC(C)=CCC/C(C)=C/COP(=O)(OP(=O)(O)O)OP(=O)(O)OP(=O)(O)O. The summed E-state index contributed by atoms with van der Waals surface area (Å²) >= 11 is 0. The van der Waals surface area contributed by atoms with Crippen molar-refractivity contribution in [2.45, 2.75) is 33.6 Å². The topological polar surface area (TPSA) is 206 Å². The van der Waals surface area contributed by atoms with Crippen LogP contribution in [0.5, 0.6) is 0 Å². The van der Waals surface area contributed by atoms with E-state index < -0.39 is 37.9 Å². The van der Waals surface area contributed by atoms with E-state index in [9.17, 15) is 23.2 Å². The second-order valence-corrected chi connectivity index (χ2v) is 11.3. The summed E-state index contributed by atoms with van der Waals surface area (Å²) in [5, 5.41) is 0. The average molecular weight is 474 g/mol. The zero-order valence-corrected chi connectivity index (χ0v) is 18.1. The summed E-state index contributed by atoms with van der Waals surface area (Å²) in [4.78, 5) is 43.6. The summed E-state index contributed by atoms with van der Waals surface area (Å²) in [7, 11) is -22.3. The van der Waals surface area contributed by atoms with E-state index in [4.69, 9.17) is 19.6 Å². The number of rotatable bonds is 12. The van der Waals surface area contributed by atoms with Crippen molar-refractivity contribution in [2.75, 3.05) is 6.61 Å². The average Bonchev–Trinajstić information content (AvgIpc) is 2.30. The zero-order valence-electron chi connectivity index (χ0n) is 14.6. The van der Waals surface area contributed by atoms with E-state index in [1.54, 1.807) is 6.92 Å². The van der Waals surface area contributed by atoms with Crippen molar-refractivity contribution in [3.63, 3.8) is 0 Å². The Labute approximate surface area is 155 Å². The van der Waals surface area contributed by atoms with Crippen molar-refractivity contribution in [2.24, 2.45) is 0 Å². The Balaban J connectivity index is 5.17. The Morgan fingerprint density at radius 1 is 0.815 bits per heavy atom. The highest BCUT2D eigenvalue weighted by atomic mass is 31.3. The van der Waals surface area contributed by atoms with Gasteiger partial charge in [0.15, 0.2) is 0 Å². The Kier molecular flexibility index (Phi) is 10.7. The normalized spacial score (nSPS) is 17.9. The van der Waals surface area contributed by atoms with Gasteiger partial charge in [-0.05, 0) is 33.6 Å².